The van der Waals surface area contributed by atoms with Gasteiger partial charge in [0.2, 0.25) is 11.1 Å². The van der Waals surface area contributed by atoms with Gasteiger partial charge < -0.3 is 5.32 Å². The molecule has 0 spiro atoms. The van der Waals surface area contributed by atoms with Gasteiger partial charge in [-0.15, -0.1) is 0 Å². The fraction of sp³-hybridized carbons (Fsp3) is 0.778. The molecule has 0 aliphatic heterocycles. The topological polar surface area (TPSA) is 46.2 Å². The molecule has 4 heteroatoms. The van der Waals surface area contributed by atoms with E-state index in [2.05, 4.69) is 19.2 Å². The van der Waals surface area contributed by atoms with Crippen LogP contribution in [0, 0.1) is 5.92 Å². The molecule has 13 heavy (non-hydrogen) atoms. The molecule has 76 valence electrons. The Morgan fingerprint density at radius 1 is 1.31 bits per heavy atom. The summed E-state index contributed by atoms with van der Waals surface area (Å²) in [4.78, 5) is 21.3. The van der Waals surface area contributed by atoms with Crippen molar-refractivity contribution in [2.75, 3.05) is 6.54 Å². The molecule has 0 saturated heterocycles. The lowest BCUT2D eigenvalue weighted by atomic mass is 10.1. The zero-order valence-electron chi connectivity index (χ0n) is 8.10. The molecule has 0 saturated carbocycles. The van der Waals surface area contributed by atoms with Gasteiger partial charge in [-0.2, -0.15) is 0 Å². The third-order valence-electron chi connectivity index (χ3n) is 1.59. The van der Waals surface area contributed by atoms with Crippen molar-refractivity contribution in [3.05, 3.63) is 0 Å². The van der Waals surface area contributed by atoms with Crippen molar-refractivity contribution in [3.63, 3.8) is 0 Å². The first-order valence-electron chi connectivity index (χ1n) is 4.47. The van der Waals surface area contributed by atoms with Crippen molar-refractivity contribution >= 4 is 22.8 Å². The van der Waals surface area contributed by atoms with Gasteiger partial charge in [-0.05, 0) is 23.9 Å². The molecular formula is C9H16ClNO2. The minimum Gasteiger partial charge on any atom is -0.356 e. The summed E-state index contributed by atoms with van der Waals surface area (Å²) in [6.45, 7) is 4.86. The van der Waals surface area contributed by atoms with Gasteiger partial charge in [0.05, 0.1) is 0 Å². The second kappa shape index (κ2) is 6.89. The summed E-state index contributed by atoms with van der Waals surface area (Å²) in [5, 5.41) is 2.26. The van der Waals surface area contributed by atoms with Crippen molar-refractivity contribution in [2.24, 2.45) is 5.92 Å². The van der Waals surface area contributed by atoms with Crippen LogP contribution >= 0.6 is 11.6 Å². The van der Waals surface area contributed by atoms with E-state index in [0.29, 0.717) is 12.5 Å². The standard InChI is InChI=1S/C9H16ClNO2/c1-7(2)5-6-11-9(13)4-3-8(10)12/h7H,3-6H2,1-2H3,(H,11,13). The number of carbonyl (C=O) groups excluding carboxylic acids is 2. The van der Waals surface area contributed by atoms with Crippen LogP contribution in [0.15, 0.2) is 0 Å². The first-order valence-corrected chi connectivity index (χ1v) is 4.85. The van der Waals surface area contributed by atoms with Crippen LogP contribution in [0.25, 0.3) is 0 Å². The summed E-state index contributed by atoms with van der Waals surface area (Å²) in [6, 6.07) is 0. The van der Waals surface area contributed by atoms with Crippen LogP contribution in [0.5, 0.6) is 0 Å². The minimum absolute atomic E-state index is 0.102. The third kappa shape index (κ3) is 9.34. The number of nitrogens with one attached hydrogen (secondary N) is 1. The van der Waals surface area contributed by atoms with Gasteiger partial charge in [0.25, 0.3) is 0 Å². The quantitative estimate of drug-likeness (QED) is 0.671. The first-order chi connectivity index (χ1) is 6.02. The fourth-order valence-corrected chi connectivity index (χ4v) is 0.895. The average Bonchev–Trinajstić information content (AvgIpc) is 2.00. The molecule has 0 rings (SSSR count). The van der Waals surface area contributed by atoms with Crippen LogP contribution in [-0.2, 0) is 9.59 Å². The van der Waals surface area contributed by atoms with Gasteiger partial charge >= 0.3 is 0 Å². The molecule has 0 aromatic heterocycles. The molecule has 0 aromatic rings. The third-order valence-corrected chi connectivity index (χ3v) is 1.78. The van der Waals surface area contributed by atoms with Crippen LogP contribution in [-0.4, -0.2) is 17.7 Å². The second-order valence-corrected chi connectivity index (χ2v) is 3.81. The molecule has 0 heterocycles. The number of hydrogen-bond donors (Lipinski definition) is 1. The van der Waals surface area contributed by atoms with Crippen molar-refractivity contribution in [2.45, 2.75) is 33.1 Å². The smallest absolute Gasteiger partial charge is 0.222 e. The van der Waals surface area contributed by atoms with Gasteiger partial charge in [0, 0.05) is 19.4 Å². The molecule has 0 aliphatic rings. The molecule has 0 aromatic carbocycles. The largest absolute Gasteiger partial charge is 0.356 e. The van der Waals surface area contributed by atoms with E-state index in [9.17, 15) is 9.59 Å². The Morgan fingerprint density at radius 3 is 2.38 bits per heavy atom. The number of hydrogen-bond acceptors (Lipinski definition) is 2. The van der Waals surface area contributed by atoms with Gasteiger partial charge in [-0.3, -0.25) is 9.59 Å². The monoisotopic (exact) mass is 205 g/mol. The van der Waals surface area contributed by atoms with Gasteiger partial charge in [0.15, 0.2) is 0 Å². The van der Waals surface area contributed by atoms with E-state index in [1.165, 1.54) is 0 Å². The number of amides is 1. The maximum atomic E-state index is 11.0. The maximum Gasteiger partial charge on any atom is 0.222 e. The zero-order valence-corrected chi connectivity index (χ0v) is 8.86. The molecular weight excluding hydrogens is 190 g/mol. The highest BCUT2D eigenvalue weighted by Crippen LogP contribution is 1.98. The number of halogens is 1. The summed E-state index contributed by atoms with van der Waals surface area (Å²) in [7, 11) is 0. The molecule has 0 atom stereocenters. The average molecular weight is 206 g/mol. The van der Waals surface area contributed by atoms with E-state index in [0.717, 1.165) is 6.42 Å². The molecule has 0 fully saturated rings. The minimum atomic E-state index is -0.459. The first kappa shape index (κ1) is 12.4. The fourth-order valence-electron chi connectivity index (χ4n) is 0.800. The Bertz CT molecular complexity index is 180. The molecule has 3 nitrogen and oxygen atoms in total. The maximum absolute atomic E-state index is 11.0. The zero-order chi connectivity index (χ0) is 10.3. The normalized spacial score (nSPS) is 10.2. The summed E-state index contributed by atoms with van der Waals surface area (Å²) >= 11 is 5.09. The lowest BCUT2D eigenvalue weighted by molar-refractivity contribution is -0.123. The van der Waals surface area contributed by atoms with Crippen molar-refractivity contribution in [1.82, 2.24) is 5.32 Å². The van der Waals surface area contributed by atoms with Crippen LogP contribution < -0.4 is 5.32 Å². The summed E-state index contributed by atoms with van der Waals surface area (Å²) in [6.07, 6.45) is 1.27. The molecule has 0 aliphatic carbocycles. The molecule has 1 amide bonds. The van der Waals surface area contributed by atoms with Crippen LogP contribution in [0.4, 0.5) is 0 Å². The lowest BCUT2D eigenvalue weighted by Crippen LogP contribution is -2.25. The van der Waals surface area contributed by atoms with Crippen molar-refractivity contribution in [3.8, 4) is 0 Å². The Hall–Kier alpha value is -0.570. The summed E-state index contributed by atoms with van der Waals surface area (Å²) in [5.41, 5.74) is 0. The molecule has 0 bridgehead atoms. The van der Waals surface area contributed by atoms with E-state index in [4.69, 9.17) is 11.6 Å². The van der Waals surface area contributed by atoms with Crippen LogP contribution in [0.2, 0.25) is 0 Å². The summed E-state index contributed by atoms with van der Waals surface area (Å²) in [5.74, 6) is 0.476. The summed E-state index contributed by atoms with van der Waals surface area (Å²) < 4.78 is 0. The number of carbonyl (C=O) groups is 2. The lowest BCUT2D eigenvalue weighted by Gasteiger charge is -2.05. The van der Waals surface area contributed by atoms with Gasteiger partial charge in [-0.25, -0.2) is 0 Å². The van der Waals surface area contributed by atoms with Gasteiger partial charge in [-0.1, -0.05) is 13.8 Å². The number of rotatable bonds is 6. The SMILES string of the molecule is CC(C)CCNC(=O)CCC(=O)Cl. The van der Waals surface area contributed by atoms with Crippen molar-refractivity contribution < 1.29 is 9.59 Å². The van der Waals surface area contributed by atoms with E-state index in [1.807, 2.05) is 0 Å². The second-order valence-electron chi connectivity index (χ2n) is 3.39. The highest BCUT2D eigenvalue weighted by atomic mass is 35.5. The Morgan fingerprint density at radius 2 is 1.92 bits per heavy atom. The Balaban J connectivity index is 3.36. The predicted octanol–water partition coefficient (Wildman–Crippen LogP) is 1.69. The molecule has 1 N–H and O–H groups in total. The van der Waals surface area contributed by atoms with E-state index in [1.54, 1.807) is 0 Å². The van der Waals surface area contributed by atoms with E-state index in [-0.39, 0.29) is 18.7 Å². The highest BCUT2D eigenvalue weighted by molar-refractivity contribution is 6.63. The molecule has 0 radical (unpaired) electrons. The molecule has 0 unspecified atom stereocenters. The van der Waals surface area contributed by atoms with Crippen molar-refractivity contribution in [1.29, 1.82) is 0 Å². The van der Waals surface area contributed by atoms with E-state index >= 15 is 0 Å². The van der Waals surface area contributed by atoms with E-state index < -0.39 is 5.24 Å². The highest BCUT2D eigenvalue weighted by Gasteiger charge is 2.03. The van der Waals surface area contributed by atoms with Crippen LogP contribution in [0.1, 0.15) is 33.1 Å². The Kier molecular flexibility index (Phi) is 6.59. The predicted molar refractivity (Wildman–Crippen MR) is 52.6 cm³/mol. The Labute approximate surface area is 83.8 Å². The van der Waals surface area contributed by atoms with Crippen LogP contribution in [0.3, 0.4) is 0 Å². The van der Waals surface area contributed by atoms with Gasteiger partial charge in [0.1, 0.15) is 0 Å².